The smallest absolute Gasteiger partial charge is 0.223 e. The molecule has 2 bridgehead atoms. The van der Waals surface area contributed by atoms with Gasteiger partial charge in [-0.3, -0.25) is 4.79 Å². The van der Waals surface area contributed by atoms with Gasteiger partial charge in [0.05, 0.1) is 0 Å². The maximum atomic E-state index is 12.9. The molecule has 142 valence electrons. The maximum absolute atomic E-state index is 12.9. The number of hydrogen-bond donors (Lipinski definition) is 1. The largest absolute Gasteiger partial charge is 0.335 e. The summed E-state index contributed by atoms with van der Waals surface area (Å²) in [5, 5.41) is 3.49. The molecule has 0 saturated carbocycles. The molecular weight excluding hydrogens is 345 g/mol. The van der Waals surface area contributed by atoms with Crippen LogP contribution >= 0.6 is 24.8 Å². The SMILES string of the molecule is CCN1CCC2CCC(C1)N2C(=O)CC(C)C1CCCNC1.Cl.Cl. The van der Waals surface area contributed by atoms with E-state index in [0.717, 1.165) is 32.6 Å². The Morgan fingerprint density at radius 1 is 1.17 bits per heavy atom. The third-order valence-corrected chi connectivity index (χ3v) is 6.24. The van der Waals surface area contributed by atoms with Crippen molar-refractivity contribution in [2.75, 3.05) is 32.7 Å². The number of nitrogens with one attached hydrogen (secondary N) is 1. The summed E-state index contributed by atoms with van der Waals surface area (Å²) in [6.45, 7) is 10.2. The highest BCUT2D eigenvalue weighted by Crippen LogP contribution is 2.32. The van der Waals surface area contributed by atoms with E-state index in [2.05, 4.69) is 29.0 Å². The topological polar surface area (TPSA) is 35.6 Å². The van der Waals surface area contributed by atoms with Crippen molar-refractivity contribution in [3.05, 3.63) is 0 Å². The number of amides is 1. The molecule has 0 radical (unpaired) electrons. The summed E-state index contributed by atoms with van der Waals surface area (Å²) in [6.07, 6.45) is 6.93. The highest BCUT2D eigenvalue weighted by atomic mass is 35.5. The normalized spacial score (nSPS) is 31.6. The first kappa shape index (κ1) is 22.0. The summed E-state index contributed by atoms with van der Waals surface area (Å²) in [5.74, 6) is 1.64. The molecule has 4 unspecified atom stereocenters. The van der Waals surface area contributed by atoms with Gasteiger partial charge in [0.2, 0.25) is 5.91 Å². The average Bonchev–Trinajstić information content (AvgIpc) is 2.83. The van der Waals surface area contributed by atoms with Gasteiger partial charge in [-0.2, -0.15) is 0 Å². The lowest BCUT2D eigenvalue weighted by Gasteiger charge is -2.32. The number of halogens is 2. The molecule has 6 heteroatoms. The Morgan fingerprint density at radius 3 is 2.58 bits per heavy atom. The van der Waals surface area contributed by atoms with Crippen molar-refractivity contribution in [1.82, 2.24) is 15.1 Å². The van der Waals surface area contributed by atoms with Crippen LogP contribution in [-0.4, -0.2) is 60.5 Å². The molecule has 3 aliphatic rings. The van der Waals surface area contributed by atoms with E-state index >= 15 is 0 Å². The van der Waals surface area contributed by atoms with Crippen LogP contribution in [0.25, 0.3) is 0 Å². The first-order chi connectivity index (χ1) is 10.7. The Labute approximate surface area is 159 Å². The number of nitrogens with zero attached hydrogens (tertiary/aromatic N) is 2. The van der Waals surface area contributed by atoms with Crippen LogP contribution in [0, 0.1) is 11.8 Å². The molecule has 1 amide bonds. The molecule has 3 heterocycles. The number of piperidine rings is 1. The predicted octanol–water partition coefficient (Wildman–Crippen LogP) is 2.94. The van der Waals surface area contributed by atoms with Crippen LogP contribution < -0.4 is 5.32 Å². The number of rotatable bonds is 4. The Bertz CT molecular complexity index is 390. The third-order valence-electron chi connectivity index (χ3n) is 6.24. The van der Waals surface area contributed by atoms with Gasteiger partial charge in [0.25, 0.3) is 0 Å². The lowest BCUT2D eigenvalue weighted by molar-refractivity contribution is -0.135. The van der Waals surface area contributed by atoms with E-state index in [4.69, 9.17) is 0 Å². The van der Waals surface area contributed by atoms with Gasteiger partial charge in [0.1, 0.15) is 0 Å². The first-order valence-corrected chi connectivity index (χ1v) is 9.43. The minimum absolute atomic E-state index is 0. The monoisotopic (exact) mass is 379 g/mol. The fraction of sp³-hybridized carbons (Fsp3) is 0.944. The summed E-state index contributed by atoms with van der Waals surface area (Å²) < 4.78 is 0. The highest BCUT2D eigenvalue weighted by Gasteiger charge is 2.40. The van der Waals surface area contributed by atoms with E-state index in [1.807, 2.05) is 0 Å². The summed E-state index contributed by atoms with van der Waals surface area (Å²) in [7, 11) is 0. The van der Waals surface area contributed by atoms with Crippen molar-refractivity contribution in [2.45, 2.75) is 64.5 Å². The highest BCUT2D eigenvalue weighted by molar-refractivity contribution is 5.85. The van der Waals surface area contributed by atoms with Crippen LogP contribution in [0.3, 0.4) is 0 Å². The summed E-state index contributed by atoms with van der Waals surface area (Å²) in [6, 6.07) is 1.00. The van der Waals surface area contributed by atoms with E-state index in [0.29, 0.717) is 29.8 Å². The van der Waals surface area contributed by atoms with Crippen molar-refractivity contribution < 1.29 is 4.79 Å². The summed E-state index contributed by atoms with van der Waals surface area (Å²) in [5.41, 5.74) is 0. The molecule has 4 atom stereocenters. The third kappa shape index (κ3) is 5.00. The molecule has 4 nitrogen and oxygen atoms in total. The Morgan fingerprint density at radius 2 is 1.92 bits per heavy atom. The van der Waals surface area contributed by atoms with Crippen LogP contribution in [-0.2, 0) is 4.79 Å². The molecule has 3 fully saturated rings. The second-order valence-electron chi connectivity index (χ2n) is 7.66. The van der Waals surface area contributed by atoms with E-state index in [1.54, 1.807) is 0 Å². The van der Waals surface area contributed by atoms with Crippen LogP contribution in [0.5, 0.6) is 0 Å². The van der Waals surface area contributed by atoms with Crippen LogP contribution in [0.15, 0.2) is 0 Å². The zero-order valence-electron chi connectivity index (χ0n) is 15.2. The van der Waals surface area contributed by atoms with Crippen LogP contribution in [0.1, 0.15) is 52.4 Å². The molecule has 0 spiro atoms. The molecular formula is C18H35Cl2N3O. The van der Waals surface area contributed by atoms with Gasteiger partial charge in [-0.15, -0.1) is 24.8 Å². The van der Waals surface area contributed by atoms with Crippen LogP contribution in [0.4, 0.5) is 0 Å². The van der Waals surface area contributed by atoms with Gasteiger partial charge < -0.3 is 15.1 Å². The van der Waals surface area contributed by atoms with E-state index in [-0.39, 0.29) is 24.8 Å². The van der Waals surface area contributed by atoms with E-state index < -0.39 is 0 Å². The Balaban J connectivity index is 0.00000144. The van der Waals surface area contributed by atoms with Crippen LogP contribution in [0.2, 0.25) is 0 Å². The number of fused-ring (bicyclic) bond motifs is 2. The van der Waals surface area contributed by atoms with Gasteiger partial charge in [-0.25, -0.2) is 0 Å². The van der Waals surface area contributed by atoms with Crippen molar-refractivity contribution in [3.8, 4) is 0 Å². The molecule has 0 aromatic carbocycles. The van der Waals surface area contributed by atoms with Crippen molar-refractivity contribution in [2.24, 2.45) is 11.8 Å². The number of hydrogen-bond acceptors (Lipinski definition) is 3. The minimum Gasteiger partial charge on any atom is -0.335 e. The number of likely N-dealkylation sites (tertiary alicyclic amines) is 1. The summed E-state index contributed by atoms with van der Waals surface area (Å²) >= 11 is 0. The molecule has 3 saturated heterocycles. The summed E-state index contributed by atoms with van der Waals surface area (Å²) in [4.78, 5) is 17.8. The lowest BCUT2D eigenvalue weighted by Crippen LogP contribution is -2.44. The van der Waals surface area contributed by atoms with E-state index in [9.17, 15) is 4.79 Å². The zero-order valence-corrected chi connectivity index (χ0v) is 16.8. The maximum Gasteiger partial charge on any atom is 0.223 e. The molecule has 3 rings (SSSR count). The fourth-order valence-electron chi connectivity index (χ4n) is 4.75. The Hall–Kier alpha value is -0.0300. The molecule has 1 N–H and O–H groups in total. The van der Waals surface area contributed by atoms with Gasteiger partial charge in [-0.05, 0) is 63.6 Å². The molecule has 3 aliphatic heterocycles. The second kappa shape index (κ2) is 10.2. The van der Waals surface area contributed by atoms with E-state index in [1.165, 1.54) is 38.6 Å². The zero-order chi connectivity index (χ0) is 15.5. The Kier molecular flexibility index (Phi) is 9.35. The lowest BCUT2D eigenvalue weighted by atomic mass is 9.85. The minimum atomic E-state index is 0. The quantitative estimate of drug-likeness (QED) is 0.815. The van der Waals surface area contributed by atoms with Crippen molar-refractivity contribution in [3.63, 3.8) is 0 Å². The standard InChI is InChI=1S/C18H33N3O.2ClH/c1-3-20-10-8-16-6-7-17(13-20)21(16)18(22)11-14(2)15-5-4-9-19-12-15;;/h14-17,19H,3-13H2,1-2H3;2*1H. The first-order valence-electron chi connectivity index (χ1n) is 9.43. The van der Waals surface area contributed by atoms with Gasteiger partial charge >= 0.3 is 0 Å². The number of carbonyl (C=O) groups is 1. The number of carbonyl (C=O) groups excluding carboxylic acids is 1. The van der Waals surface area contributed by atoms with Crippen molar-refractivity contribution in [1.29, 1.82) is 0 Å². The van der Waals surface area contributed by atoms with Gasteiger partial charge in [0, 0.05) is 31.6 Å². The van der Waals surface area contributed by atoms with Gasteiger partial charge in [0.15, 0.2) is 0 Å². The average molecular weight is 380 g/mol. The van der Waals surface area contributed by atoms with Gasteiger partial charge in [-0.1, -0.05) is 13.8 Å². The number of likely N-dealkylation sites (N-methyl/N-ethyl adjacent to an activating group) is 1. The van der Waals surface area contributed by atoms with Crippen molar-refractivity contribution >= 4 is 30.7 Å². The fourth-order valence-corrected chi connectivity index (χ4v) is 4.75. The predicted molar refractivity (Wildman–Crippen MR) is 104 cm³/mol. The molecule has 0 aromatic heterocycles. The molecule has 0 aliphatic carbocycles. The molecule has 24 heavy (non-hydrogen) atoms. The molecule has 0 aromatic rings. The second-order valence-corrected chi connectivity index (χ2v) is 7.66.